The molecule has 1 heterocycles. The maximum atomic E-state index is 11.3. The largest absolute Gasteiger partial charge is 0.347 e. The summed E-state index contributed by atoms with van der Waals surface area (Å²) >= 11 is 1.62. The van der Waals surface area contributed by atoms with Crippen LogP contribution in [0.5, 0.6) is 0 Å². The zero-order valence-electron chi connectivity index (χ0n) is 8.86. The van der Waals surface area contributed by atoms with Gasteiger partial charge in [0.15, 0.2) is 0 Å². The minimum atomic E-state index is -0.204. The van der Waals surface area contributed by atoms with Gasteiger partial charge in [0.2, 0.25) is 5.91 Å². The lowest BCUT2D eigenvalue weighted by atomic mass is 10.0. The van der Waals surface area contributed by atoms with Crippen LogP contribution in [0.3, 0.4) is 0 Å². The van der Waals surface area contributed by atoms with Crippen molar-refractivity contribution in [3.63, 3.8) is 0 Å². The van der Waals surface area contributed by atoms with Crippen LogP contribution in [0.25, 0.3) is 0 Å². The number of nitrogens with zero attached hydrogens (tertiary/aromatic N) is 1. The molecule has 0 radical (unpaired) electrons. The number of hydrogen-bond donors (Lipinski definition) is 1. The van der Waals surface area contributed by atoms with Crippen molar-refractivity contribution in [1.82, 2.24) is 5.32 Å². The van der Waals surface area contributed by atoms with Crippen molar-refractivity contribution in [1.29, 1.82) is 5.26 Å². The summed E-state index contributed by atoms with van der Waals surface area (Å²) in [5.41, 5.74) is 0. The monoisotopic (exact) mass is 222 g/mol. The SMILES string of the molecule is CC(C)C(NC(=O)CC#N)c1cccs1. The first kappa shape index (κ1) is 11.7. The van der Waals surface area contributed by atoms with Gasteiger partial charge in [0.1, 0.15) is 6.42 Å². The first-order chi connectivity index (χ1) is 7.15. The zero-order chi connectivity index (χ0) is 11.3. The van der Waals surface area contributed by atoms with Crippen molar-refractivity contribution in [2.24, 2.45) is 5.92 Å². The van der Waals surface area contributed by atoms with Gasteiger partial charge in [0, 0.05) is 4.88 Å². The lowest BCUT2D eigenvalue weighted by molar-refractivity contribution is -0.121. The smallest absolute Gasteiger partial charge is 0.234 e. The summed E-state index contributed by atoms with van der Waals surface area (Å²) in [5, 5.41) is 13.3. The van der Waals surface area contributed by atoms with Gasteiger partial charge >= 0.3 is 0 Å². The average molecular weight is 222 g/mol. The molecular formula is C11H14N2OS. The van der Waals surface area contributed by atoms with Crippen molar-refractivity contribution in [3.8, 4) is 6.07 Å². The summed E-state index contributed by atoms with van der Waals surface area (Å²) in [6.45, 7) is 4.11. The van der Waals surface area contributed by atoms with Crippen LogP contribution in [-0.2, 0) is 4.79 Å². The van der Waals surface area contributed by atoms with Crippen LogP contribution in [0.1, 0.15) is 31.2 Å². The van der Waals surface area contributed by atoms with Gasteiger partial charge in [0.05, 0.1) is 12.1 Å². The number of rotatable bonds is 4. The topological polar surface area (TPSA) is 52.9 Å². The van der Waals surface area contributed by atoms with Gasteiger partial charge in [-0.1, -0.05) is 19.9 Å². The molecule has 1 amide bonds. The molecule has 0 fully saturated rings. The molecule has 0 aliphatic carbocycles. The van der Waals surface area contributed by atoms with Crippen LogP contribution >= 0.6 is 11.3 Å². The summed E-state index contributed by atoms with van der Waals surface area (Å²) in [6.07, 6.45) is -0.0748. The van der Waals surface area contributed by atoms with Gasteiger partial charge in [-0.05, 0) is 17.4 Å². The quantitative estimate of drug-likeness (QED) is 0.850. The van der Waals surface area contributed by atoms with Crippen molar-refractivity contribution < 1.29 is 4.79 Å². The van der Waals surface area contributed by atoms with E-state index in [9.17, 15) is 4.79 Å². The molecule has 0 bridgehead atoms. The molecule has 1 aromatic rings. The zero-order valence-corrected chi connectivity index (χ0v) is 9.67. The van der Waals surface area contributed by atoms with Gasteiger partial charge in [-0.3, -0.25) is 4.79 Å². The number of nitrogens with one attached hydrogen (secondary N) is 1. The predicted octanol–water partition coefficient (Wildman–Crippen LogP) is 2.48. The maximum Gasteiger partial charge on any atom is 0.234 e. The highest BCUT2D eigenvalue weighted by atomic mass is 32.1. The Morgan fingerprint density at radius 1 is 1.67 bits per heavy atom. The first-order valence-electron chi connectivity index (χ1n) is 4.85. The van der Waals surface area contributed by atoms with Gasteiger partial charge in [-0.25, -0.2) is 0 Å². The maximum absolute atomic E-state index is 11.3. The fraction of sp³-hybridized carbons (Fsp3) is 0.455. The lowest BCUT2D eigenvalue weighted by Gasteiger charge is -2.20. The van der Waals surface area contributed by atoms with Crippen LogP contribution in [0.15, 0.2) is 17.5 Å². The Morgan fingerprint density at radius 3 is 2.87 bits per heavy atom. The normalized spacial score (nSPS) is 12.1. The Hall–Kier alpha value is -1.34. The van der Waals surface area contributed by atoms with Crippen LogP contribution < -0.4 is 5.32 Å². The highest BCUT2D eigenvalue weighted by Gasteiger charge is 2.18. The minimum Gasteiger partial charge on any atom is -0.347 e. The second-order valence-electron chi connectivity index (χ2n) is 3.64. The number of amides is 1. The van der Waals surface area contributed by atoms with Crippen LogP contribution in [0.2, 0.25) is 0 Å². The van der Waals surface area contributed by atoms with Crippen LogP contribution in [0.4, 0.5) is 0 Å². The van der Waals surface area contributed by atoms with Gasteiger partial charge in [-0.2, -0.15) is 5.26 Å². The molecule has 0 aliphatic heterocycles. The number of nitriles is 1. The molecule has 1 N–H and O–H groups in total. The third-order valence-corrected chi connectivity index (χ3v) is 3.03. The molecule has 0 spiro atoms. The van der Waals surface area contributed by atoms with E-state index in [4.69, 9.17) is 5.26 Å². The van der Waals surface area contributed by atoms with E-state index >= 15 is 0 Å². The molecule has 1 rings (SSSR count). The summed E-state index contributed by atoms with van der Waals surface area (Å²) < 4.78 is 0. The summed E-state index contributed by atoms with van der Waals surface area (Å²) in [5.74, 6) is 0.121. The third kappa shape index (κ3) is 3.37. The van der Waals surface area contributed by atoms with E-state index in [2.05, 4.69) is 19.2 Å². The molecule has 15 heavy (non-hydrogen) atoms. The van der Waals surface area contributed by atoms with Crippen LogP contribution in [0, 0.1) is 17.2 Å². The molecule has 0 aliphatic rings. The second-order valence-corrected chi connectivity index (χ2v) is 4.62. The van der Waals surface area contributed by atoms with Crippen molar-refractivity contribution in [2.75, 3.05) is 0 Å². The van der Waals surface area contributed by atoms with E-state index < -0.39 is 0 Å². The van der Waals surface area contributed by atoms with Gasteiger partial charge < -0.3 is 5.32 Å². The Labute approximate surface area is 93.7 Å². The summed E-state index contributed by atoms with van der Waals surface area (Å²) in [6, 6.07) is 5.83. The number of carbonyl (C=O) groups is 1. The lowest BCUT2D eigenvalue weighted by Crippen LogP contribution is -2.30. The number of thiophene rings is 1. The standard InChI is InChI=1S/C11H14N2OS/c1-8(2)11(9-4-3-7-15-9)13-10(14)5-6-12/h3-4,7-8,11H,5H2,1-2H3,(H,13,14). The fourth-order valence-electron chi connectivity index (χ4n) is 1.33. The molecule has 1 atom stereocenters. The Morgan fingerprint density at radius 2 is 2.40 bits per heavy atom. The minimum absolute atomic E-state index is 0.0193. The molecule has 1 aromatic heterocycles. The van der Waals surface area contributed by atoms with Crippen LogP contribution in [-0.4, -0.2) is 5.91 Å². The van der Waals surface area contributed by atoms with E-state index in [1.54, 1.807) is 11.3 Å². The molecular weight excluding hydrogens is 208 g/mol. The van der Waals surface area contributed by atoms with E-state index in [1.807, 2.05) is 23.6 Å². The Balaban J connectivity index is 2.69. The van der Waals surface area contributed by atoms with E-state index in [1.165, 1.54) is 0 Å². The van der Waals surface area contributed by atoms with E-state index in [0.717, 1.165) is 4.88 Å². The second kappa shape index (κ2) is 5.52. The number of carbonyl (C=O) groups excluding carboxylic acids is 1. The molecule has 0 saturated carbocycles. The Bertz CT molecular complexity index is 351. The summed E-state index contributed by atoms with van der Waals surface area (Å²) in [7, 11) is 0. The fourth-order valence-corrected chi connectivity index (χ4v) is 2.28. The molecule has 3 nitrogen and oxygen atoms in total. The summed E-state index contributed by atoms with van der Waals surface area (Å²) in [4.78, 5) is 12.5. The van der Waals surface area contributed by atoms with Gasteiger partial charge in [0.25, 0.3) is 0 Å². The first-order valence-corrected chi connectivity index (χ1v) is 5.73. The average Bonchev–Trinajstić information content (AvgIpc) is 2.66. The molecule has 1 unspecified atom stereocenters. The molecule has 80 valence electrons. The van der Waals surface area contributed by atoms with Crippen molar-refractivity contribution in [3.05, 3.63) is 22.4 Å². The Kier molecular flexibility index (Phi) is 4.32. The number of hydrogen-bond acceptors (Lipinski definition) is 3. The third-order valence-electron chi connectivity index (χ3n) is 2.07. The molecule has 0 aromatic carbocycles. The molecule has 4 heteroatoms. The highest BCUT2D eigenvalue weighted by molar-refractivity contribution is 7.10. The van der Waals surface area contributed by atoms with Gasteiger partial charge in [-0.15, -0.1) is 11.3 Å². The highest BCUT2D eigenvalue weighted by Crippen LogP contribution is 2.25. The predicted molar refractivity (Wildman–Crippen MR) is 60.3 cm³/mol. The van der Waals surface area contributed by atoms with E-state index in [0.29, 0.717) is 5.92 Å². The van der Waals surface area contributed by atoms with E-state index in [-0.39, 0.29) is 18.4 Å². The molecule has 0 saturated heterocycles. The van der Waals surface area contributed by atoms with Crippen molar-refractivity contribution in [2.45, 2.75) is 26.3 Å². The van der Waals surface area contributed by atoms with Crippen molar-refractivity contribution >= 4 is 17.2 Å².